The van der Waals surface area contributed by atoms with E-state index in [1.165, 1.54) is 5.56 Å². The van der Waals surface area contributed by atoms with Gasteiger partial charge in [-0.3, -0.25) is 4.68 Å². The van der Waals surface area contributed by atoms with Crippen LogP contribution in [0.15, 0.2) is 28.7 Å². The molecular formula is C14H18BrN3. The van der Waals surface area contributed by atoms with Gasteiger partial charge < -0.3 is 5.73 Å². The van der Waals surface area contributed by atoms with Gasteiger partial charge in [-0.1, -0.05) is 41.9 Å². The molecule has 4 heteroatoms. The SMILES string of the molecule is CCC(C)c1ccc(-c2cc(N)n(C)n2)cc1Br. The summed E-state index contributed by atoms with van der Waals surface area (Å²) in [5, 5.41) is 4.39. The lowest BCUT2D eigenvalue weighted by Crippen LogP contribution is -1.96. The van der Waals surface area contributed by atoms with Crippen molar-refractivity contribution in [1.82, 2.24) is 9.78 Å². The van der Waals surface area contributed by atoms with Crippen LogP contribution in [-0.2, 0) is 7.05 Å². The molecule has 96 valence electrons. The molecule has 0 saturated carbocycles. The van der Waals surface area contributed by atoms with Crippen LogP contribution in [0.4, 0.5) is 5.82 Å². The minimum Gasteiger partial charge on any atom is -0.384 e. The molecule has 0 fully saturated rings. The van der Waals surface area contributed by atoms with Gasteiger partial charge >= 0.3 is 0 Å². The summed E-state index contributed by atoms with van der Waals surface area (Å²) >= 11 is 3.65. The van der Waals surface area contributed by atoms with Crippen LogP contribution < -0.4 is 5.73 Å². The van der Waals surface area contributed by atoms with Gasteiger partial charge in [0.15, 0.2) is 0 Å². The Morgan fingerprint density at radius 3 is 2.61 bits per heavy atom. The van der Waals surface area contributed by atoms with Gasteiger partial charge in [-0.15, -0.1) is 0 Å². The maximum Gasteiger partial charge on any atom is 0.121 e. The Hall–Kier alpha value is -1.29. The summed E-state index contributed by atoms with van der Waals surface area (Å²) < 4.78 is 2.82. The molecule has 0 bridgehead atoms. The number of anilines is 1. The number of nitrogen functional groups attached to an aromatic ring is 1. The maximum atomic E-state index is 5.80. The van der Waals surface area contributed by atoms with Gasteiger partial charge in [0, 0.05) is 23.2 Å². The number of nitrogens with two attached hydrogens (primary N) is 1. The highest BCUT2D eigenvalue weighted by molar-refractivity contribution is 9.10. The summed E-state index contributed by atoms with van der Waals surface area (Å²) in [5.41, 5.74) is 9.14. The molecule has 1 unspecified atom stereocenters. The van der Waals surface area contributed by atoms with E-state index in [1.807, 2.05) is 13.1 Å². The standard InChI is InChI=1S/C14H18BrN3/c1-4-9(2)11-6-5-10(7-12(11)15)13-8-14(16)18(3)17-13/h5-9H,4,16H2,1-3H3. The highest BCUT2D eigenvalue weighted by Gasteiger charge is 2.10. The lowest BCUT2D eigenvalue weighted by molar-refractivity contribution is 0.730. The van der Waals surface area contributed by atoms with E-state index in [0.717, 1.165) is 22.2 Å². The normalized spacial score (nSPS) is 12.7. The molecule has 3 nitrogen and oxygen atoms in total. The van der Waals surface area contributed by atoms with E-state index in [2.05, 4.69) is 53.1 Å². The molecule has 1 aromatic carbocycles. The molecule has 0 aliphatic rings. The molecule has 0 aliphatic heterocycles. The predicted octanol–water partition coefficient (Wildman–Crippen LogP) is 3.95. The summed E-state index contributed by atoms with van der Waals surface area (Å²) in [4.78, 5) is 0. The molecule has 2 N–H and O–H groups in total. The quantitative estimate of drug-likeness (QED) is 0.933. The molecule has 1 heterocycles. The molecule has 1 aromatic heterocycles. The van der Waals surface area contributed by atoms with Gasteiger partial charge in [0.1, 0.15) is 5.82 Å². The molecule has 1 atom stereocenters. The van der Waals surface area contributed by atoms with Crippen LogP contribution in [0.25, 0.3) is 11.3 Å². The topological polar surface area (TPSA) is 43.8 Å². The summed E-state index contributed by atoms with van der Waals surface area (Å²) in [6.45, 7) is 4.43. The molecule has 0 radical (unpaired) electrons. The lowest BCUT2D eigenvalue weighted by Gasteiger charge is -2.12. The van der Waals surface area contributed by atoms with E-state index in [9.17, 15) is 0 Å². The van der Waals surface area contributed by atoms with E-state index in [-0.39, 0.29) is 0 Å². The fourth-order valence-corrected chi connectivity index (χ4v) is 2.70. The zero-order chi connectivity index (χ0) is 13.3. The summed E-state index contributed by atoms with van der Waals surface area (Å²) in [6.07, 6.45) is 1.13. The second-order valence-electron chi connectivity index (χ2n) is 4.62. The maximum absolute atomic E-state index is 5.80. The number of nitrogens with zero attached hydrogens (tertiary/aromatic N) is 2. The molecule has 2 rings (SSSR count). The zero-order valence-corrected chi connectivity index (χ0v) is 12.5. The summed E-state index contributed by atoms with van der Waals surface area (Å²) in [6, 6.07) is 8.28. The van der Waals surface area contributed by atoms with Crippen molar-refractivity contribution in [3.05, 3.63) is 34.3 Å². The van der Waals surface area contributed by atoms with Gasteiger partial charge in [0.2, 0.25) is 0 Å². The van der Waals surface area contributed by atoms with Crippen molar-refractivity contribution >= 4 is 21.7 Å². The smallest absolute Gasteiger partial charge is 0.121 e. The Labute approximate surface area is 116 Å². The third-order valence-corrected chi connectivity index (χ3v) is 4.04. The lowest BCUT2D eigenvalue weighted by atomic mass is 9.97. The van der Waals surface area contributed by atoms with Gasteiger partial charge in [-0.25, -0.2) is 0 Å². The summed E-state index contributed by atoms with van der Waals surface area (Å²) in [7, 11) is 1.85. The van der Waals surface area contributed by atoms with Gasteiger partial charge in [0.05, 0.1) is 5.69 Å². The zero-order valence-electron chi connectivity index (χ0n) is 10.9. The van der Waals surface area contributed by atoms with Crippen LogP contribution in [0, 0.1) is 0 Å². The van der Waals surface area contributed by atoms with Crippen LogP contribution in [0.1, 0.15) is 31.7 Å². The number of rotatable bonds is 3. The number of hydrogen-bond acceptors (Lipinski definition) is 2. The van der Waals surface area contributed by atoms with Crippen LogP contribution >= 0.6 is 15.9 Å². The first-order chi connectivity index (χ1) is 8.52. The van der Waals surface area contributed by atoms with E-state index in [0.29, 0.717) is 11.7 Å². The third kappa shape index (κ3) is 2.43. The number of hydrogen-bond donors (Lipinski definition) is 1. The third-order valence-electron chi connectivity index (χ3n) is 3.36. The largest absolute Gasteiger partial charge is 0.384 e. The van der Waals surface area contributed by atoms with E-state index in [4.69, 9.17) is 5.73 Å². The van der Waals surface area contributed by atoms with Crippen molar-refractivity contribution in [2.45, 2.75) is 26.2 Å². The van der Waals surface area contributed by atoms with E-state index >= 15 is 0 Å². The number of halogens is 1. The van der Waals surface area contributed by atoms with Gasteiger partial charge in [-0.05, 0) is 24.0 Å². The van der Waals surface area contributed by atoms with Gasteiger partial charge in [0.25, 0.3) is 0 Å². The Kier molecular flexibility index (Phi) is 3.76. The molecule has 2 aromatic rings. The first kappa shape index (κ1) is 13.1. The highest BCUT2D eigenvalue weighted by atomic mass is 79.9. The van der Waals surface area contributed by atoms with Crippen molar-refractivity contribution in [2.75, 3.05) is 5.73 Å². The first-order valence-corrected chi connectivity index (χ1v) is 6.91. The van der Waals surface area contributed by atoms with Crippen LogP contribution in [0.5, 0.6) is 0 Å². The summed E-state index contributed by atoms with van der Waals surface area (Å²) in [5.74, 6) is 1.23. The fraction of sp³-hybridized carbons (Fsp3) is 0.357. The Morgan fingerprint density at radius 2 is 2.11 bits per heavy atom. The van der Waals surface area contributed by atoms with Crippen molar-refractivity contribution in [1.29, 1.82) is 0 Å². The van der Waals surface area contributed by atoms with Crippen LogP contribution in [-0.4, -0.2) is 9.78 Å². The Bertz CT molecular complexity index is 541. The molecule has 0 spiro atoms. The minimum absolute atomic E-state index is 0.558. The average molecular weight is 308 g/mol. The van der Waals surface area contributed by atoms with E-state index in [1.54, 1.807) is 4.68 Å². The van der Waals surface area contributed by atoms with Crippen molar-refractivity contribution in [3.8, 4) is 11.3 Å². The molecule has 0 amide bonds. The first-order valence-electron chi connectivity index (χ1n) is 6.12. The number of benzene rings is 1. The monoisotopic (exact) mass is 307 g/mol. The van der Waals surface area contributed by atoms with E-state index < -0.39 is 0 Å². The molecule has 0 saturated heterocycles. The van der Waals surface area contributed by atoms with Gasteiger partial charge in [-0.2, -0.15) is 5.10 Å². The van der Waals surface area contributed by atoms with Crippen molar-refractivity contribution in [3.63, 3.8) is 0 Å². The molecule has 0 aliphatic carbocycles. The van der Waals surface area contributed by atoms with Crippen molar-refractivity contribution in [2.24, 2.45) is 7.05 Å². The Morgan fingerprint density at radius 1 is 1.39 bits per heavy atom. The van der Waals surface area contributed by atoms with Crippen LogP contribution in [0.2, 0.25) is 0 Å². The number of aromatic nitrogens is 2. The molecular weight excluding hydrogens is 290 g/mol. The van der Waals surface area contributed by atoms with Crippen LogP contribution in [0.3, 0.4) is 0 Å². The highest BCUT2D eigenvalue weighted by Crippen LogP contribution is 2.31. The second kappa shape index (κ2) is 5.14. The average Bonchev–Trinajstić information content (AvgIpc) is 2.68. The predicted molar refractivity (Wildman–Crippen MR) is 79.5 cm³/mol. The minimum atomic E-state index is 0.558. The van der Waals surface area contributed by atoms with Crippen molar-refractivity contribution < 1.29 is 0 Å². The fourth-order valence-electron chi connectivity index (χ4n) is 1.93. The second-order valence-corrected chi connectivity index (χ2v) is 5.48. The molecule has 18 heavy (non-hydrogen) atoms. The Balaban J connectivity index is 2.40. The number of aryl methyl sites for hydroxylation is 1.